The fourth-order valence-corrected chi connectivity index (χ4v) is 4.13. The Bertz CT molecular complexity index is 465. The van der Waals surface area contributed by atoms with Crippen LogP contribution in [-0.4, -0.2) is 30.3 Å². The van der Waals surface area contributed by atoms with Gasteiger partial charge in [0.15, 0.2) is 0 Å². The van der Waals surface area contributed by atoms with Crippen LogP contribution in [0.5, 0.6) is 0 Å². The fraction of sp³-hybridized carbons (Fsp3) is 0.722. The molecule has 1 heterocycles. The lowest BCUT2D eigenvalue weighted by molar-refractivity contribution is -0.105. The first kappa shape index (κ1) is 15.0. The van der Waals surface area contributed by atoms with E-state index in [1.807, 2.05) is 13.3 Å². The lowest BCUT2D eigenvalue weighted by atomic mass is 9.67. The molecule has 0 amide bonds. The molecule has 1 fully saturated rings. The third-order valence-corrected chi connectivity index (χ3v) is 5.43. The molecule has 0 bridgehead atoms. The van der Waals surface area contributed by atoms with E-state index in [1.165, 1.54) is 49.8 Å². The van der Waals surface area contributed by atoms with Crippen molar-refractivity contribution in [3.63, 3.8) is 0 Å². The molecule has 21 heavy (non-hydrogen) atoms. The van der Waals surface area contributed by atoms with E-state index in [0.717, 1.165) is 13.0 Å². The van der Waals surface area contributed by atoms with Crippen molar-refractivity contribution in [3.8, 4) is 0 Å². The molecule has 2 aliphatic carbocycles. The van der Waals surface area contributed by atoms with E-state index < -0.39 is 0 Å². The summed E-state index contributed by atoms with van der Waals surface area (Å²) in [6.45, 7) is 3.30. The van der Waals surface area contributed by atoms with Crippen molar-refractivity contribution in [2.24, 2.45) is 0 Å². The van der Waals surface area contributed by atoms with E-state index in [1.54, 1.807) is 0 Å². The van der Waals surface area contributed by atoms with Gasteiger partial charge >= 0.3 is 0 Å². The summed E-state index contributed by atoms with van der Waals surface area (Å²) in [5.41, 5.74) is 2.80. The molecule has 3 heteroatoms. The zero-order valence-electron chi connectivity index (χ0n) is 13.4. The quantitative estimate of drug-likeness (QED) is 0.870. The highest BCUT2D eigenvalue weighted by molar-refractivity contribution is 5.29. The van der Waals surface area contributed by atoms with Crippen LogP contribution in [0.1, 0.15) is 62.6 Å². The number of nitrogens with one attached hydrogen (secondary N) is 1. The topological polar surface area (TPSA) is 34.2 Å². The fourth-order valence-electron chi connectivity index (χ4n) is 4.13. The van der Waals surface area contributed by atoms with Crippen molar-refractivity contribution in [2.45, 2.75) is 69.4 Å². The SMILES string of the molecule is CCCNC(C1CCCc2cccnc21)C1(OC)CCC1. The molecule has 0 radical (unpaired) electrons. The summed E-state index contributed by atoms with van der Waals surface area (Å²) in [7, 11) is 1.89. The average Bonchev–Trinajstić information content (AvgIpc) is 2.49. The number of ether oxygens (including phenoxy) is 1. The number of aromatic nitrogens is 1. The molecule has 116 valence electrons. The third-order valence-electron chi connectivity index (χ3n) is 5.43. The summed E-state index contributed by atoms with van der Waals surface area (Å²) in [6.07, 6.45) is 10.5. The van der Waals surface area contributed by atoms with Gasteiger partial charge in [0, 0.05) is 31.0 Å². The number of methoxy groups -OCH3 is 1. The van der Waals surface area contributed by atoms with Gasteiger partial charge in [0.05, 0.1) is 5.60 Å². The van der Waals surface area contributed by atoms with Crippen molar-refractivity contribution in [3.05, 3.63) is 29.6 Å². The number of rotatable bonds is 6. The first-order chi connectivity index (χ1) is 10.3. The molecule has 0 aliphatic heterocycles. The summed E-state index contributed by atoms with van der Waals surface area (Å²) in [6, 6.07) is 4.74. The van der Waals surface area contributed by atoms with Crippen LogP contribution in [0.4, 0.5) is 0 Å². The van der Waals surface area contributed by atoms with E-state index in [0.29, 0.717) is 12.0 Å². The maximum absolute atomic E-state index is 6.01. The molecule has 3 rings (SSSR count). The summed E-state index contributed by atoms with van der Waals surface area (Å²) in [5, 5.41) is 3.81. The predicted octanol–water partition coefficient (Wildman–Crippen LogP) is 3.44. The second-order valence-corrected chi connectivity index (χ2v) is 6.60. The number of nitrogens with zero attached hydrogens (tertiary/aromatic N) is 1. The summed E-state index contributed by atoms with van der Waals surface area (Å²) < 4.78 is 6.01. The van der Waals surface area contributed by atoms with Crippen LogP contribution < -0.4 is 5.32 Å². The minimum Gasteiger partial charge on any atom is -0.377 e. The van der Waals surface area contributed by atoms with Crippen molar-refractivity contribution < 1.29 is 4.74 Å². The highest BCUT2D eigenvalue weighted by Gasteiger charge is 2.48. The number of hydrogen-bond acceptors (Lipinski definition) is 3. The molecule has 0 spiro atoms. The standard InChI is InChI=1S/C18H28N2O/c1-3-12-20-17(18(21-2)10-6-11-18)15-9-4-7-14-8-5-13-19-16(14)15/h5,8,13,15,17,20H,3-4,6-7,9-12H2,1-2H3. The zero-order chi connectivity index (χ0) is 14.7. The lowest BCUT2D eigenvalue weighted by Crippen LogP contribution is -2.59. The Morgan fingerprint density at radius 2 is 2.29 bits per heavy atom. The Morgan fingerprint density at radius 1 is 1.43 bits per heavy atom. The normalized spacial score (nSPS) is 25.0. The second kappa shape index (κ2) is 6.45. The van der Waals surface area contributed by atoms with Crippen molar-refractivity contribution >= 4 is 0 Å². The monoisotopic (exact) mass is 288 g/mol. The van der Waals surface area contributed by atoms with Crippen LogP contribution in [0.15, 0.2) is 18.3 Å². The van der Waals surface area contributed by atoms with E-state index in [9.17, 15) is 0 Å². The Hall–Kier alpha value is -0.930. The van der Waals surface area contributed by atoms with Gasteiger partial charge in [-0.2, -0.15) is 0 Å². The first-order valence-electron chi connectivity index (χ1n) is 8.53. The molecule has 1 aromatic rings. The van der Waals surface area contributed by atoms with Gasteiger partial charge in [0.25, 0.3) is 0 Å². The van der Waals surface area contributed by atoms with Crippen molar-refractivity contribution in [1.29, 1.82) is 0 Å². The van der Waals surface area contributed by atoms with Crippen LogP contribution >= 0.6 is 0 Å². The number of fused-ring (bicyclic) bond motifs is 1. The number of hydrogen-bond donors (Lipinski definition) is 1. The maximum atomic E-state index is 6.01. The Labute approximate surface area is 128 Å². The molecule has 0 saturated heterocycles. The first-order valence-corrected chi connectivity index (χ1v) is 8.53. The third kappa shape index (κ3) is 2.74. The largest absolute Gasteiger partial charge is 0.377 e. The van der Waals surface area contributed by atoms with E-state index >= 15 is 0 Å². The molecule has 3 nitrogen and oxygen atoms in total. The minimum absolute atomic E-state index is 0.0337. The van der Waals surface area contributed by atoms with Gasteiger partial charge in [-0.1, -0.05) is 13.0 Å². The van der Waals surface area contributed by atoms with Crippen LogP contribution in [0.25, 0.3) is 0 Å². The van der Waals surface area contributed by atoms with Gasteiger partial charge in [0.1, 0.15) is 0 Å². The Kier molecular flexibility index (Phi) is 4.60. The van der Waals surface area contributed by atoms with Crippen LogP contribution in [0.3, 0.4) is 0 Å². The minimum atomic E-state index is 0.0337. The smallest absolute Gasteiger partial charge is 0.0837 e. The van der Waals surface area contributed by atoms with Crippen molar-refractivity contribution in [1.82, 2.24) is 10.3 Å². The van der Waals surface area contributed by atoms with Crippen LogP contribution in [0, 0.1) is 0 Å². The molecule has 1 N–H and O–H groups in total. The highest BCUT2D eigenvalue weighted by Crippen LogP contribution is 2.45. The van der Waals surface area contributed by atoms with E-state index in [2.05, 4.69) is 24.4 Å². The van der Waals surface area contributed by atoms with Gasteiger partial charge in [0.2, 0.25) is 0 Å². The molecule has 1 saturated carbocycles. The second-order valence-electron chi connectivity index (χ2n) is 6.60. The predicted molar refractivity (Wildman–Crippen MR) is 85.6 cm³/mol. The van der Waals surface area contributed by atoms with Gasteiger partial charge in [-0.15, -0.1) is 0 Å². The molecular formula is C18H28N2O. The summed E-state index contributed by atoms with van der Waals surface area (Å²) in [5.74, 6) is 0.502. The van der Waals surface area contributed by atoms with Crippen LogP contribution in [-0.2, 0) is 11.2 Å². The maximum Gasteiger partial charge on any atom is 0.0837 e. The molecule has 2 unspecified atom stereocenters. The van der Waals surface area contributed by atoms with Crippen LogP contribution in [0.2, 0.25) is 0 Å². The zero-order valence-corrected chi connectivity index (χ0v) is 13.4. The van der Waals surface area contributed by atoms with Gasteiger partial charge in [-0.25, -0.2) is 0 Å². The molecule has 2 atom stereocenters. The Morgan fingerprint density at radius 3 is 2.95 bits per heavy atom. The summed E-state index contributed by atoms with van der Waals surface area (Å²) in [4.78, 5) is 4.74. The van der Waals surface area contributed by atoms with E-state index in [4.69, 9.17) is 9.72 Å². The average molecular weight is 288 g/mol. The summed E-state index contributed by atoms with van der Waals surface area (Å²) >= 11 is 0. The van der Waals surface area contributed by atoms with Gasteiger partial charge < -0.3 is 10.1 Å². The van der Waals surface area contributed by atoms with Gasteiger partial charge in [-0.05, 0) is 63.1 Å². The lowest BCUT2D eigenvalue weighted by Gasteiger charge is -2.50. The number of pyridine rings is 1. The molecule has 2 aliphatic rings. The Balaban J connectivity index is 1.90. The molecule has 1 aromatic heterocycles. The molecular weight excluding hydrogens is 260 g/mol. The van der Waals surface area contributed by atoms with Crippen molar-refractivity contribution in [2.75, 3.05) is 13.7 Å². The molecule has 0 aromatic carbocycles. The van der Waals surface area contributed by atoms with E-state index in [-0.39, 0.29) is 5.60 Å². The highest BCUT2D eigenvalue weighted by atomic mass is 16.5. The number of aryl methyl sites for hydroxylation is 1. The van der Waals surface area contributed by atoms with Gasteiger partial charge in [-0.3, -0.25) is 4.98 Å².